The number of hydrogen-bond acceptors (Lipinski definition) is 5. The first-order chi connectivity index (χ1) is 10.3. The highest BCUT2D eigenvalue weighted by Crippen LogP contribution is 2.44. The second kappa shape index (κ2) is 5.63. The Balaban J connectivity index is 1.53. The molecule has 2 atom stereocenters. The van der Waals surface area contributed by atoms with Crippen LogP contribution in [0.1, 0.15) is 36.7 Å². The lowest BCUT2D eigenvalue weighted by molar-refractivity contribution is -0.158. The van der Waals surface area contributed by atoms with Gasteiger partial charge in [0.05, 0.1) is 11.7 Å². The van der Waals surface area contributed by atoms with Gasteiger partial charge in [0.15, 0.2) is 0 Å². The number of aliphatic hydroxyl groups is 1. The van der Waals surface area contributed by atoms with Gasteiger partial charge >= 0.3 is 0 Å². The molecule has 2 aromatic heterocycles. The fraction of sp³-hybridized carbons (Fsp3) is 0.625. The Hall–Kier alpha value is -0.460. The van der Waals surface area contributed by atoms with Gasteiger partial charge in [-0.1, -0.05) is 0 Å². The predicted molar refractivity (Wildman–Crippen MR) is 86.1 cm³/mol. The molecule has 0 amide bonds. The van der Waals surface area contributed by atoms with Crippen LogP contribution in [0.5, 0.6) is 0 Å². The third-order valence-corrected chi connectivity index (χ3v) is 7.00. The molecule has 21 heavy (non-hydrogen) atoms. The highest BCUT2D eigenvalue weighted by Gasteiger charge is 2.41. The molecule has 0 saturated carbocycles. The SMILES string of the molecule is OC(c1cc2sccc2s1)C1CCOC2(CCOCC2)C1. The van der Waals surface area contributed by atoms with Crippen LogP contribution in [0.15, 0.2) is 17.5 Å². The molecule has 0 aliphatic carbocycles. The van der Waals surface area contributed by atoms with E-state index in [9.17, 15) is 5.11 Å². The van der Waals surface area contributed by atoms with Crippen molar-refractivity contribution < 1.29 is 14.6 Å². The lowest BCUT2D eigenvalue weighted by Crippen LogP contribution is -2.45. The van der Waals surface area contributed by atoms with Gasteiger partial charge in [-0.25, -0.2) is 0 Å². The molecular weight excluding hydrogens is 304 g/mol. The third-order valence-electron chi connectivity index (χ3n) is 4.83. The molecule has 1 spiro atoms. The molecule has 0 radical (unpaired) electrons. The van der Waals surface area contributed by atoms with Crippen LogP contribution in [0, 0.1) is 5.92 Å². The minimum Gasteiger partial charge on any atom is -0.387 e. The summed E-state index contributed by atoms with van der Waals surface area (Å²) in [7, 11) is 0. The fourth-order valence-corrected chi connectivity index (χ4v) is 5.79. The van der Waals surface area contributed by atoms with E-state index in [-0.39, 0.29) is 11.7 Å². The molecule has 1 N–H and O–H groups in total. The molecule has 4 heterocycles. The van der Waals surface area contributed by atoms with Gasteiger partial charge in [0.1, 0.15) is 0 Å². The van der Waals surface area contributed by atoms with Gasteiger partial charge in [-0.05, 0) is 49.1 Å². The van der Waals surface area contributed by atoms with Crippen molar-refractivity contribution in [3.05, 3.63) is 22.4 Å². The van der Waals surface area contributed by atoms with Crippen LogP contribution in [0.4, 0.5) is 0 Å². The summed E-state index contributed by atoms with van der Waals surface area (Å²) in [5, 5.41) is 12.9. The van der Waals surface area contributed by atoms with Crippen molar-refractivity contribution in [3.8, 4) is 0 Å². The van der Waals surface area contributed by atoms with Crippen LogP contribution < -0.4 is 0 Å². The first kappa shape index (κ1) is 14.2. The largest absolute Gasteiger partial charge is 0.387 e. The van der Waals surface area contributed by atoms with E-state index in [0.29, 0.717) is 5.92 Å². The average molecular weight is 324 g/mol. The third kappa shape index (κ3) is 2.66. The highest BCUT2D eigenvalue weighted by atomic mass is 32.1. The quantitative estimate of drug-likeness (QED) is 0.908. The summed E-state index contributed by atoms with van der Waals surface area (Å²) < 4.78 is 14.1. The number of rotatable bonds is 2. The molecule has 5 heteroatoms. The second-order valence-electron chi connectivity index (χ2n) is 6.14. The van der Waals surface area contributed by atoms with Crippen LogP contribution in [0.25, 0.3) is 9.40 Å². The Bertz CT molecular complexity index is 578. The molecule has 2 aromatic rings. The van der Waals surface area contributed by atoms with Crippen molar-refractivity contribution in [2.45, 2.75) is 37.4 Å². The molecule has 2 aliphatic heterocycles. The topological polar surface area (TPSA) is 38.7 Å². The van der Waals surface area contributed by atoms with E-state index in [1.807, 2.05) is 0 Å². The standard InChI is InChI=1S/C16H20O3S2/c17-15(14-9-13-12(21-14)2-8-20-13)11-1-5-19-16(10-11)3-6-18-7-4-16/h2,8-9,11,15,17H,1,3-7,10H2. The molecule has 114 valence electrons. The van der Waals surface area contributed by atoms with E-state index in [1.54, 1.807) is 22.7 Å². The number of hydrogen-bond donors (Lipinski definition) is 1. The van der Waals surface area contributed by atoms with E-state index in [1.165, 1.54) is 9.40 Å². The maximum atomic E-state index is 10.8. The van der Waals surface area contributed by atoms with Crippen LogP contribution in [-0.4, -0.2) is 30.5 Å². The fourth-order valence-electron chi connectivity index (χ4n) is 3.59. The highest BCUT2D eigenvalue weighted by molar-refractivity contribution is 7.26. The molecule has 2 saturated heterocycles. The van der Waals surface area contributed by atoms with E-state index in [4.69, 9.17) is 9.47 Å². The molecule has 3 nitrogen and oxygen atoms in total. The summed E-state index contributed by atoms with van der Waals surface area (Å²) in [6.07, 6.45) is 3.50. The molecule has 4 rings (SSSR count). The van der Waals surface area contributed by atoms with Crippen molar-refractivity contribution in [2.24, 2.45) is 5.92 Å². The van der Waals surface area contributed by atoms with Gasteiger partial charge in [0.25, 0.3) is 0 Å². The van der Waals surface area contributed by atoms with E-state index < -0.39 is 0 Å². The number of thiophene rings is 2. The van der Waals surface area contributed by atoms with Crippen molar-refractivity contribution in [3.63, 3.8) is 0 Å². The maximum absolute atomic E-state index is 10.8. The Kier molecular flexibility index (Phi) is 3.79. The van der Waals surface area contributed by atoms with Gasteiger partial charge in [-0.15, -0.1) is 22.7 Å². The summed E-state index contributed by atoms with van der Waals surface area (Å²) in [6.45, 7) is 2.34. The van der Waals surface area contributed by atoms with Gasteiger partial charge in [-0.3, -0.25) is 0 Å². The smallest absolute Gasteiger partial charge is 0.0912 e. The van der Waals surface area contributed by atoms with E-state index >= 15 is 0 Å². The molecule has 0 bridgehead atoms. The van der Waals surface area contributed by atoms with Crippen molar-refractivity contribution >= 4 is 32.1 Å². The van der Waals surface area contributed by atoms with Crippen LogP contribution in [0.3, 0.4) is 0 Å². The van der Waals surface area contributed by atoms with Crippen LogP contribution in [-0.2, 0) is 9.47 Å². The first-order valence-corrected chi connectivity index (χ1v) is 9.32. The lowest BCUT2D eigenvalue weighted by atomic mass is 9.78. The monoisotopic (exact) mass is 324 g/mol. The normalized spacial score (nSPS) is 27.2. The van der Waals surface area contributed by atoms with Gasteiger partial charge in [-0.2, -0.15) is 0 Å². The van der Waals surface area contributed by atoms with Crippen LogP contribution in [0.2, 0.25) is 0 Å². The molecule has 2 unspecified atom stereocenters. The zero-order valence-electron chi connectivity index (χ0n) is 11.9. The van der Waals surface area contributed by atoms with Crippen molar-refractivity contribution in [1.29, 1.82) is 0 Å². The minimum atomic E-state index is -0.349. The lowest BCUT2D eigenvalue weighted by Gasteiger charge is -2.44. The van der Waals surface area contributed by atoms with Crippen LogP contribution >= 0.6 is 22.7 Å². The van der Waals surface area contributed by atoms with E-state index in [0.717, 1.165) is 50.4 Å². The Morgan fingerprint density at radius 1 is 1.24 bits per heavy atom. The van der Waals surface area contributed by atoms with Crippen molar-refractivity contribution in [2.75, 3.05) is 19.8 Å². The Morgan fingerprint density at radius 2 is 2.10 bits per heavy atom. The Morgan fingerprint density at radius 3 is 2.90 bits per heavy atom. The predicted octanol–water partition coefficient (Wildman–Crippen LogP) is 3.97. The van der Waals surface area contributed by atoms with Gasteiger partial charge < -0.3 is 14.6 Å². The minimum absolute atomic E-state index is 0.0449. The zero-order chi connectivity index (χ0) is 14.3. The summed E-state index contributed by atoms with van der Waals surface area (Å²) >= 11 is 3.49. The number of fused-ring (bicyclic) bond motifs is 1. The van der Waals surface area contributed by atoms with Crippen molar-refractivity contribution in [1.82, 2.24) is 0 Å². The first-order valence-electron chi connectivity index (χ1n) is 7.62. The summed E-state index contributed by atoms with van der Waals surface area (Å²) in [4.78, 5) is 1.12. The summed E-state index contributed by atoms with van der Waals surface area (Å²) in [6, 6.07) is 4.31. The summed E-state index contributed by atoms with van der Waals surface area (Å²) in [5.74, 6) is 0.310. The second-order valence-corrected chi connectivity index (χ2v) is 8.20. The van der Waals surface area contributed by atoms with E-state index in [2.05, 4.69) is 17.5 Å². The summed E-state index contributed by atoms with van der Waals surface area (Å²) in [5.41, 5.74) is -0.0449. The van der Waals surface area contributed by atoms with Gasteiger partial charge in [0, 0.05) is 34.1 Å². The zero-order valence-corrected chi connectivity index (χ0v) is 13.5. The number of ether oxygens (including phenoxy) is 2. The van der Waals surface area contributed by atoms with Gasteiger partial charge in [0.2, 0.25) is 0 Å². The molecule has 2 aliphatic rings. The molecule has 2 fully saturated rings. The molecular formula is C16H20O3S2. The maximum Gasteiger partial charge on any atom is 0.0912 e. The average Bonchev–Trinajstić information content (AvgIpc) is 3.08. The Labute approximate surface area is 132 Å². The number of aliphatic hydroxyl groups excluding tert-OH is 1. The molecule has 0 aromatic carbocycles.